The third-order valence-electron chi connectivity index (χ3n) is 2.35. The van der Waals surface area contributed by atoms with Gasteiger partial charge in [-0.25, -0.2) is 4.98 Å². The van der Waals surface area contributed by atoms with E-state index in [0.717, 1.165) is 18.7 Å². The molecular formula is C10H19N3S. The second-order valence-electron chi connectivity index (χ2n) is 3.27. The van der Waals surface area contributed by atoms with Crippen LogP contribution in [-0.2, 0) is 13.0 Å². The van der Waals surface area contributed by atoms with E-state index in [2.05, 4.69) is 28.0 Å². The van der Waals surface area contributed by atoms with Crippen molar-refractivity contribution < 1.29 is 0 Å². The van der Waals surface area contributed by atoms with Crippen LogP contribution in [-0.4, -0.2) is 34.6 Å². The fraction of sp³-hybridized carbons (Fsp3) is 0.700. The molecule has 1 aromatic heterocycles. The average Bonchev–Trinajstić information content (AvgIpc) is 2.64. The fourth-order valence-corrected chi connectivity index (χ4v) is 2.17. The van der Waals surface area contributed by atoms with Crippen LogP contribution >= 0.6 is 11.8 Å². The molecule has 0 aliphatic rings. The maximum absolute atomic E-state index is 4.37. The molecule has 80 valence electrons. The standard InChI is InChI=1S/C10H19N3S/c1-4-13-6-5-12-10(13)7-9(11-2)8-14-3/h5-6,9,11H,4,7-8H2,1-3H3. The molecule has 1 rings (SSSR count). The molecule has 0 radical (unpaired) electrons. The van der Waals surface area contributed by atoms with E-state index in [1.165, 1.54) is 5.82 Å². The van der Waals surface area contributed by atoms with Crippen molar-refractivity contribution in [2.24, 2.45) is 0 Å². The van der Waals surface area contributed by atoms with Crippen LogP contribution in [0.1, 0.15) is 12.7 Å². The van der Waals surface area contributed by atoms with E-state index in [0.29, 0.717) is 6.04 Å². The molecule has 0 saturated heterocycles. The zero-order chi connectivity index (χ0) is 10.4. The minimum Gasteiger partial charge on any atom is -0.335 e. The minimum atomic E-state index is 0.526. The van der Waals surface area contributed by atoms with Crippen molar-refractivity contribution in [1.82, 2.24) is 14.9 Å². The lowest BCUT2D eigenvalue weighted by atomic mass is 10.2. The molecule has 3 nitrogen and oxygen atoms in total. The molecule has 14 heavy (non-hydrogen) atoms. The lowest BCUT2D eigenvalue weighted by molar-refractivity contribution is 0.573. The zero-order valence-corrected chi connectivity index (χ0v) is 9.97. The molecular weight excluding hydrogens is 194 g/mol. The van der Waals surface area contributed by atoms with Gasteiger partial charge in [0.1, 0.15) is 5.82 Å². The maximum atomic E-state index is 4.37. The Bertz CT molecular complexity index is 260. The Kier molecular flexibility index (Phi) is 5.04. The fourth-order valence-electron chi connectivity index (χ4n) is 1.48. The van der Waals surface area contributed by atoms with Crippen LogP contribution in [0.5, 0.6) is 0 Å². The first kappa shape index (κ1) is 11.6. The Balaban J connectivity index is 2.56. The van der Waals surface area contributed by atoms with Crippen LogP contribution < -0.4 is 5.32 Å². The number of aryl methyl sites for hydroxylation is 1. The lowest BCUT2D eigenvalue weighted by Crippen LogP contribution is -2.31. The van der Waals surface area contributed by atoms with Gasteiger partial charge in [-0.2, -0.15) is 11.8 Å². The quantitative estimate of drug-likeness (QED) is 0.774. The molecule has 0 aliphatic carbocycles. The first-order chi connectivity index (χ1) is 6.81. The molecule has 0 saturated carbocycles. The van der Waals surface area contributed by atoms with E-state index >= 15 is 0 Å². The largest absolute Gasteiger partial charge is 0.335 e. The predicted molar refractivity (Wildman–Crippen MR) is 62.8 cm³/mol. The van der Waals surface area contributed by atoms with Crippen LogP contribution in [0.2, 0.25) is 0 Å². The number of hydrogen-bond acceptors (Lipinski definition) is 3. The van der Waals surface area contributed by atoms with Gasteiger partial charge in [0.15, 0.2) is 0 Å². The number of aromatic nitrogens is 2. The molecule has 0 aromatic carbocycles. The number of hydrogen-bond donors (Lipinski definition) is 1. The van der Waals surface area contributed by atoms with Gasteiger partial charge in [-0.15, -0.1) is 0 Å². The van der Waals surface area contributed by atoms with Gasteiger partial charge in [0, 0.05) is 37.2 Å². The van der Waals surface area contributed by atoms with Crippen LogP contribution in [0, 0.1) is 0 Å². The summed E-state index contributed by atoms with van der Waals surface area (Å²) in [5.41, 5.74) is 0. The number of likely N-dealkylation sites (N-methyl/N-ethyl adjacent to an activating group) is 1. The Morgan fingerprint density at radius 3 is 3.00 bits per heavy atom. The normalized spacial score (nSPS) is 13.1. The second kappa shape index (κ2) is 6.09. The number of nitrogens with zero attached hydrogens (tertiary/aromatic N) is 2. The van der Waals surface area contributed by atoms with Crippen molar-refractivity contribution in [3.05, 3.63) is 18.2 Å². The van der Waals surface area contributed by atoms with E-state index in [1.807, 2.05) is 31.2 Å². The molecule has 0 amide bonds. The van der Waals surface area contributed by atoms with Crippen LogP contribution in [0.25, 0.3) is 0 Å². The Hall–Kier alpha value is -0.480. The summed E-state index contributed by atoms with van der Waals surface area (Å²) in [6.07, 6.45) is 7.07. The van der Waals surface area contributed by atoms with Crippen LogP contribution in [0.15, 0.2) is 12.4 Å². The minimum absolute atomic E-state index is 0.526. The Morgan fingerprint density at radius 1 is 1.64 bits per heavy atom. The van der Waals surface area contributed by atoms with Gasteiger partial charge >= 0.3 is 0 Å². The summed E-state index contributed by atoms with van der Waals surface area (Å²) >= 11 is 1.87. The maximum Gasteiger partial charge on any atom is 0.110 e. The first-order valence-corrected chi connectivity index (χ1v) is 6.37. The number of rotatable bonds is 6. The lowest BCUT2D eigenvalue weighted by Gasteiger charge is -2.14. The van der Waals surface area contributed by atoms with E-state index in [4.69, 9.17) is 0 Å². The molecule has 1 unspecified atom stereocenters. The summed E-state index contributed by atoms with van der Waals surface area (Å²) in [6.45, 7) is 3.15. The van der Waals surface area contributed by atoms with Crippen molar-refractivity contribution in [1.29, 1.82) is 0 Å². The van der Waals surface area contributed by atoms with Crippen molar-refractivity contribution in [2.45, 2.75) is 25.9 Å². The Labute approximate surface area is 90.3 Å². The summed E-state index contributed by atoms with van der Waals surface area (Å²) in [4.78, 5) is 4.37. The van der Waals surface area contributed by atoms with Crippen molar-refractivity contribution in [3.8, 4) is 0 Å². The monoisotopic (exact) mass is 213 g/mol. The van der Waals surface area contributed by atoms with Crippen molar-refractivity contribution in [2.75, 3.05) is 19.1 Å². The third-order valence-corrected chi connectivity index (χ3v) is 3.08. The number of imidazole rings is 1. The summed E-state index contributed by atoms with van der Waals surface area (Å²) in [7, 11) is 2.01. The van der Waals surface area contributed by atoms with Crippen molar-refractivity contribution in [3.63, 3.8) is 0 Å². The van der Waals surface area contributed by atoms with Crippen LogP contribution in [0.3, 0.4) is 0 Å². The molecule has 1 atom stereocenters. The highest BCUT2D eigenvalue weighted by Gasteiger charge is 2.09. The number of thioether (sulfide) groups is 1. The summed E-state index contributed by atoms with van der Waals surface area (Å²) < 4.78 is 2.20. The summed E-state index contributed by atoms with van der Waals surface area (Å²) in [5, 5.41) is 3.32. The van der Waals surface area contributed by atoms with Crippen molar-refractivity contribution >= 4 is 11.8 Å². The molecule has 1 heterocycles. The molecule has 0 spiro atoms. The van der Waals surface area contributed by atoms with E-state index in [-0.39, 0.29) is 0 Å². The topological polar surface area (TPSA) is 29.9 Å². The second-order valence-corrected chi connectivity index (χ2v) is 4.19. The van der Waals surface area contributed by atoms with Gasteiger partial charge in [0.2, 0.25) is 0 Å². The molecule has 4 heteroatoms. The average molecular weight is 213 g/mol. The van der Waals surface area contributed by atoms with Gasteiger partial charge in [-0.05, 0) is 20.2 Å². The first-order valence-electron chi connectivity index (χ1n) is 4.98. The third kappa shape index (κ3) is 3.03. The number of nitrogens with one attached hydrogen (secondary N) is 1. The van der Waals surface area contributed by atoms with E-state index < -0.39 is 0 Å². The van der Waals surface area contributed by atoms with Gasteiger partial charge in [0.05, 0.1) is 0 Å². The van der Waals surface area contributed by atoms with Gasteiger partial charge < -0.3 is 9.88 Å². The highest BCUT2D eigenvalue weighted by molar-refractivity contribution is 7.98. The summed E-state index contributed by atoms with van der Waals surface area (Å²) in [5.74, 6) is 2.31. The molecule has 1 N–H and O–H groups in total. The highest BCUT2D eigenvalue weighted by Crippen LogP contribution is 2.05. The van der Waals surface area contributed by atoms with Crippen LogP contribution in [0.4, 0.5) is 0 Å². The highest BCUT2D eigenvalue weighted by atomic mass is 32.2. The molecule has 0 fully saturated rings. The zero-order valence-electron chi connectivity index (χ0n) is 9.16. The van der Waals surface area contributed by atoms with Gasteiger partial charge in [-0.3, -0.25) is 0 Å². The SMILES string of the molecule is CCn1ccnc1CC(CSC)NC. The molecule has 1 aromatic rings. The van der Waals surface area contributed by atoms with E-state index in [9.17, 15) is 0 Å². The van der Waals surface area contributed by atoms with E-state index in [1.54, 1.807) is 0 Å². The smallest absolute Gasteiger partial charge is 0.110 e. The van der Waals surface area contributed by atoms with Gasteiger partial charge in [0.25, 0.3) is 0 Å². The predicted octanol–water partition coefficient (Wildman–Crippen LogP) is 1.40. The summed E-state index contributed by atoms with van der Waals surface area (Å²) in [6, 6.07) is 0.526. The molecule has 0 bridgehead atoms. The molecule has 0 aliphatic heterocycles. The Morgan fingerprint density at radius 2 is 2.43 bits per heavy atom. The van der Waals surface area contributed by atoms with Gasteiger partial charge in [-0.1, -0.05) is 0 Å².